The highest BCUT2D eigenvalue weighted by Crippen LogP contribution is 2.41. The Bertz CT molecular complexity index is 2000. The third kappa shape index (κ3) is 1.83. The van der Waals surface area contributed by atoms with Gasteiger partial charge in [0, 0.05) is 39.3 Å². The first kappa shape index (κ1) is 15.5. The lowest BCUT2D eigenvalue weighted by molar-refractivity contribution is 0.664. The van der Waals surface area contributed by atoms with Crippen molar-refractivity contribution in [1.82, 2.24) is 9.38 Å². The average Bonchev–Trinajstić information content (AvgIpc) is 3.52. The van der Waals surface area contributed by atoms with Crippen molar-refractivity contribution in [2.75, 3.05) is 0 Å². The van der Waals surface area contributed by atoms with Gasteiger partial charge in [0.1, 0.15) is 28.0 Å². The van der Waals surface area contributed by atoms with Crippen LogP contribution in [0.3, 0.4) is 0 Å². The van der Waals surface area contributed by atoms with Crippen LogP contribution >= 0.6 is 0 Å². The lowest BCUT2D eigenvalue weighted by atomic mass is 10.0. The van der Waals surface area contributed by atoms with Crippen LogP contribution in [0, 0.1) is 0 Å². The molecule has 4 aromatic heterocycles. The molecule has 4 heterocycles. The number of hydrogen-bond acceptors (Lipinski definition) is 3. The molecule has 0 bridgehead atoms. The predicted molar refractivity (Wildman–Crippen MR) is 125 cm³/mol. The molecule has 0 unspecified atom stereocenters. The average molecular weight is 398 g/mol. The fraction of sp³-hybridized carbons (Fsp3) is 0. The van der Waals surface area contributed by atoms with E-state index in [2.05, 4.69) is 64.0 Å². The maximum atomic E-state index is 6.35. The van der Waals surface area contributed by atoms with Gasteiger partial charge in [-0.1, -0.05) is 42.5 Å². The molecule has 0 fully saturated rings. The summed E-state index contributed by atoms with van der Waals surface area (Å²) in [6.07, 6.45) is 3.89. The van der Waals surface area contributed by atoms with E-state index in [1.54, 1.807) is 0 Å². The second kappa shape index (κ2) is 5.24. The molecule has 31 heavy (non-hydrogen) atoms. The van der Waals surface area contributed by atoms with E-state index in [1.165, 1.54) is 10.8 Å². The van der Waals surface area contributed by atoms with Crippen molar-refractivity contribution in [2.24, 2.45) is 0 Å². The predicted octanol–water partition coefficient (Wildman–Crippen LogP) is 7.44. The molecule has 0 amide bonds. The minimum atomic E-state index is 0.864. The zero-order chi connectivity index (χ0) is 20.1. The Morgan fingerprint density at radius 1 is 0.581 bits per heavy atom. The number of furan rings is 2. The van der Waals surface area contributed by atoms with Gasteiger partial charge in [-0.3, -0.25) is 4.40 Å². The zero-order valence-electron chi connectivity index (χ0n) is 16.3. The van der Waals surface area contributed by atoms with Crippen LogP contribution in [0.4, 0.5) is 0 Å². The normalized spacial score (nSPS) is 12.5. The number of pyridine rings is 1. The molecule has 144 valence electrons. The molecule has 8 aromatic rings. The maximum absolute atomic E-state index is 6.35. The van der Waals surface area contributed by atoms with Gasteiger partial charge in [-0.25, -0.2) is 4.98 Å². The minimum absolute atomic E-state index is 0.864. The molecule has 0 atom stereocenters. The van der Waals surface area contributed by atoms with Gasteiger partial charge in [0.2, 0.25) is 0 Å². The second-order valence-electron chi connectivity index (χ2n) is 8.05. The summed E-state index contributed by atoms with van der Waals surface area (Å²) < 4.78 is 14.7. The summed E-state index contributed by atoms with van der Waals surface area (Å²) in [6, 6.07) is 25.0. The summed E-state index contributed by atoms with van der Waals surface area (Å²) in [6.45, 7) is 0. The fourth-order valence-electron chi connectivity index (χ4n) is 5.13. The number of nitrogens with zero attached hydrogens (tertiary/aromatic N) is 2. The van der Waals surface area contributed by atoms with Gasteiger partial charge < -0.3 is 8.83 Å². The van der Waals surface area contributed by atoms with Crippen LogP contribution in [0.15, 0.2) is 94.0 Å². The van der Waals surface area contributed by atoms with Crippen LogP contribution in [0.2, 0.25) is 0 Å². The highest BCUT2D eigenvalue weighted by Gasteiger charge is 2.18. The second-order valence-corrected chi connectivity index (χ2v) is 8.05. The number of imidazole rings is 1. The van der Waals surface area contributed by atoms with Crippen LogP contribution in [0.5, 0.6) is 0 Å². The molecule has 4 heteroatoms. The van der Waals surface area contributed by atoms with E-state index >= 15 is 0 Å². The summed E-state index contributed by atoms with van der Waals surface area (Å²) in [4.78, 5) is 4.66. The van der Waals surface area contributed by atoms with Gasteiger partial charge in [-0.2, -0.15) is 0 Å². The Kier molecular flexibility index (Phi) is 2.62. The number of hydrogen-bond donors (Lipinski definition) is 0. The fourth-order valence-corrected chi connectivity index (χ4v) is 5.13. The molecule has 0 saturated carbocycles. The Balaban J connectivity index is 1.66. The third-order valence-corrected chi connectivity index (χ3v) is 6.45. The number of aromatic nitrogens is 2. The Morgan fingerprint density at radius 2 is 1.32 bits per heavy atom. The highest BCUT2D eigenvalue weighted by atomic mass is 16.3. The lowest BCUT2D eigenvalue weighted by Crippen LogP contribution is -1.91. The molecule has 8 rings (SSSR count). The minimum Gasteiger partial charge on any atom is -0.456 e. The molecular weight excluding hydrogens is 384 g/mol. The van der Waals surface area contributed by atoms with E-state index < -0.39 is 0 Å². The molecule has 0 N–H and O–H groups in total. The van der Waals surface area contributed by atoms with Crippen LogP contribution in [0.25, 0.3) is 71.2 Å². The summed E-state index contributed by atoms with van der Waals surface area (Å²) >= 11 is 0. The topological polar surface area (TPSA) is 43.6 Å². The molecule has 0 radical (unpaired) electrons. The van der Waals surface area contributed by atoms with Crippen LogP contribution < -0.4 is 0 Å². The number of fused-ring (bicyclic) bond motifs is 13. The van der Waals surface area contributed by atoms with E-state index in [4.69, 9.17) is 8.83 Å². The van der Waals surface area contributed by atoms with Gasteiger partial charge >= 0.3 is 0 Å². The smallest absolute Gasteiger partial charge is 0.145 e. The van der Waals surface area contributed by atoms with E-state index in [0.717, 1.165) is 60.4 Å². The number of rotatable bonds is 0. The van der Waals surface area contributed by atoms with Crippen molar-refractivity contribution in [3.8, 4) is 0 Å². The first-order valence-electron chi connectivity index (χ1n) is 10.3. The lowest BCUT2D eigenvalue weighted by Gasteiger charge is -2.09. The van der Waals surface area contributed by atoms with Crippen LogP contribution in [0.1, 0.15) is 0 Å². The molecule has 0 aliphatic heterocycles. The van der Waals surface area contributed by atoms with E-state index in [0.29, 0.717) is 0 Å². The Morgan fingerprint density at radius 3 is 2.26 bits per heavy atom. The van der Waals surface area contributed by atoms with Gasteiger partial charge in [0.05, 0.1) is 10.9 Å². The van der Waals surface area contributed by atoms with Crippen LogP contribution in [-0.4, -0.2) is 9.38 Å². The van der Waals surface area contributed by atoms with Crippen LogP contribution in [-0.2, 0) is 0 Å². The maximum Gasteiger partial charge on any atom is 0.145 e. The van der Waals surface area contributed by atoms with Crippen molar-refractivity contribution in [3.63, 3.8) is 0 Å². The molecule has 0 aliphatic carbocycles. The summed E-state index contributed by atoms with van der Waals surface area (Å²) in [5.74, 6) is 0. The first-order valence-corrected chi connectivity index (χ1v) is 10.3. The highest BCUT2D eigenvalue weighted by molar-refractivity contribution is 6.25. The molecule has 4 aromatic carbocycles. The molecular formula is C27H14N2O2. The van der Waals surface area contributed by atoms with E-state index in [-0.39, 0.29) is 0 Å². The molecule has 4 nitrogen and oxygen atoms in total. The van der Waals surface area contributed by atoms with E-state index in [9.17, 15) is 0 Å². The standard InChI is InChI=1S/C27H14N2O2/c1-2-7-18-15(5-1)17-9-10-22-25(26(17)29-12-11-28-27(18)29)20-14-23-19(13-24(20)31-22)16-6-3-4-8-21(16)30-23/h1-14H. The number of para-hydroxylation sites is 1. The summed E-state index contributed by atoms with van der Waals surface area (Å²) in [5, 5.41) is 7.84. The SMILES string of the molecule is c1ccc2c(c1)oc1cc3c(cc12)oc1ccc2c4ccccc4c4nccn4c2c13. The van der Waals surface area contributed by atoms with Crippen molar-refractivity contribution in [1.29, 1.82) is 0 Å². The zero-order valence-corrected chi connectivity index (χ0v) is 16.3. The Hall–Kier alpha value is -4.31. The quantitative estimate of drug-likeness (QED) is 0.249. The van der Waals surface area contributed by atoms with Gasteiger partial charge in [0.15, 0.2) is 0 Å². The van der Waals surface area contributed by atoms with Gasteiger partial charge in [-0.15, -0.1) is 0 Å². The third-order valence-electron chi connectivity index (χ3n) is 6.45. The van der Waals surface area contributed by atoms with Gasteiger partial charge in [0.25, 0.3) is 0 Å². The van der Waals surface area contributed by atoms with Crippen molar-refractivity contribution in [2.45, 2.75) is 0 Å². The first-order chi connectivity index (χ1) is 15.4. The number of benzene rings is 4. The van der Waals surface area contributed by atoms with Gasteiger partial charge in [-0.05, 0) is 35.7 Å². The van der Waals surface area contributed by atoms with Crippen molar-refractivity contribution in [3.05, 3.63) is 85.2 Å². The summed E-state index contributed by atoms with van der Waals surface area (Å²) in [7, 11) is 0. The van der Waals surface area contributed by atoms with Crippen molar-refractivity contribution < 1.29 is 8.83 Å². The molecule has 0 spiro atoms. The molecule has 0 aliphatic rings. The largest absolute Gasteiger partial charge is 0.456 e. The van der Waals surface area contributed by atoms with Crippen molar-refractivity contribution >= 4 is 71.2 Å². The molecule has 0 saturated heterocycles. The van der Waals surface area contributed by atoms with E-state index in [1.807, 2.05) is 30.6 Å². The summed E-state index contributed by atoms with van der Waals surface area (Å²) in [5.41, 5.74) is 5.55. The Labute approximate surface area is 174 Å². The monoisotopic (exact) mass is 398 g/mol.